The van der Waals surface area contributed by atoms with Gasteiger partial charge in [0.15, 0.2) is 0 Å². The number of nitro benzene ring substituents is 1. The van der Waals surface area contributed by atoms with E-state index in [4.69, 9.17) is 21.1 Å². The number of hydrogen-bond acceptors (Lipinski definition) is 11. The molecule has 0 radical (unpaired) electrons. The number of amides is 1. The largest absolute Gasteiger partial charge is 0.377 e. The fraction of sp³-hybridized carbons (Fsp3) is 0.362. The highest BCUT2D eigenvalue weighted by Gasteiger charge is 2.31. The van der Waals surface area contributed by atoms with E-state index in [1.165, 1.54) is 33.5 Å². The number of H-pyrrole nitrogens is 1. The molecular formula is C47H51ClN8O8S. The maximum absolute atomic E-state index is 14.3. The van der Waals surface area contributed by atoms with Crippen molar-refractivity contribution in [1.29, 1.82) is 0 Å². The van der Waals surface area contributed by atoms with Crippen molar-refractivity contribution < 1.29 is 27.6 Å². The van der Waals surface area contributed by atoms with Gasteiger partial charge in [-0.15, -0.1) is 0 Å². The van der Waals surface area contributed by atoms with E-state index in [2.05, 4.69) is 50.8 Å². The number of halogens is 1. The Morgan fingerprint density at radius 3 is 2.52 bits per heavy atom. The van der Waals surface area contributed by atoms with E-state index in [1.54, 1.807) is 36.1 Å². The Hall–Kier alpha value is -5.98. The minimum atomic E-state index is -4.65. The van der Waals surface area contributed by atoms with E-state index in [0.717, 1.165) is 66.6 Å². The molecule has 0 unspecified atom stereocenters. The highest BCUT2D eigenvalue weighted by atomic mass is 35.5. The Balaban J connectivity index is 1.01. The number of piperazine rings is 1. The molecule has 0 bridgehead atoms. The number of carbonyl (C=O) groups is 1. The normalized spacial score (nSPS) is 18.3. The van der Waals surface area contributed by atoms with E-state index >= 15 is 0 Å². The number of ether oxygens (including phenoxy) is 2. The van der Waals surface area contributed by atoms with Crippen LogP contribution in [0.3, 0.4) is 0 Å². The number of anilines is 2. The van der Waals surface area contributed by atoms with Crippen LogP contribution in [0.25, 0.3) is 33.1 Å². The summed E-state index contributed by atoms with van der Waals surface area (Å²) in [6, 6.07) is 22.2. The van der Waals surface area contributed by atoms with Gasteiger partial charge in [-0.25, -0.2) is 22.5 Å². The molecule has 4 aromatic carbocycles. The third kappa shape index (κ3) is 9.16. The predicted octanol–water partition coefficient (Wildman–Crippen LogP) is 7.10. The first-order valence-corrected chi connectivity index (χ1v) is 23.6. The Labute approximate surface area is 380 Å². The van der Waals surface area contributed by atoms with Crippen LogP contribution in [-0.2, 0) is 26.5 Å². The lowest BCUT2D eigenvalue weighted by Gasteiger charge is -2.39. The molecule has 0 saturated carbocycles. The summed E-state index contributed by atoms with van der Waals surface area (Å²) < 4.78 is 44.0. The lowest BCUT2D eigenvalue weighted by Crippen LogP contribution is -2.47. The molecule has 2 aliphatic heterocycles. The highest BCUT2D eigenvalue weighted by Crippen LogP contribution is 2.43. The SMILES string of the molecule is Cn1c(=O)c2cc3[nH]ccc3cc2n1-c1cc(N2CCN(CC3=C(c4ccc(Cl)cc4)CC(C)(C)CC3)CC2)ccc1C(=O)NS(=O)(=O)c1ccc(NC[C@H]2COCCO2)c([N+](=O)[O-])c1. The Kier molecular flexibility index (Phi) is 12.1. The fourth-order valence-corrected chi connectivity index (χ4v) is 10.3. The Morgan fingerprint density at radius 1 is 1.00 bits per heavy atom. The van der Waals surface area contributed by atoms with Crippen LogP contribution in [-0.4, -0.2) is 104 Å². The average Bonchev–Trinajstić information content (AvgIpc) is 3.85. The monoisotopic (exact) mass is 922 g/mol. The second-order valence-corrected chi connectivity index (χ2v) is 19.9. The number of rotatable bonds is 12. The quantitative estimate of drug-likeness (QED) is 0.0840. The summed E-state index contributed by atoms with van der Waals surface area (Å²) in [5, 5.41) is 17.1. The van der Waals surface area contributed by atoms with Gasteiger partial charge in [0, 0.05) is 80.2 Å². The standard InChI is InChI=1S/C47H51ClN8O8S/c1-47(2)14-12-32(39(26-47)30-4-6-33(48)7-5-30)28-53-16-18-54(19-17-53)34-8-10-37(43(23-34)55-42-22-31-13-15-49-41(31)25-38(42)46(58)52(55)3)45(57)51-65(61,62)36-9-11-40(44(24-36)56(59)60)50-27-35-29-63-20-21-64-35/h4-11,13,15,22-25,35,49-50H,12,14,16-21,26-29H2,1-3H3,(H,51,57)/t35-/m0/s1. The molecule has 0 spiro atoms. The van der Waals surface area contributed by atoms with Crippen molar-refractivity contribution in [3.63, 3.8) is 0 Å². The molecule has 340 valence electrons. The molecule has 2 fully saturated rings. The summed E-state index contributed by atoms with van der Waals surface area (Å²) >= 11 is 6.26. The van der Waals surface area contributed by atoms with Gasteiger partial charge in [-0.2, -0.15) is 0 Å². The van der Waals surface area contributed by atoms with E-state index in [-0.39, 0.29) is 40.6 Å². The Morgan fingerprint density at radius 2 is 1.78 bits per heavy atom. The van der Waals surface area contributed by atoms with Gasteiger partial charge in [0.1, 0.15) is 5.69 Å². The topological polar surface area (TPSA) is 186 Å². The number of hydrogen-bond donors (Lipinski definition) is 3. The summed E-state index contributed by atoms with van der Waals surface area (Å²) in [5.74, 6) is -0.979. The molecule has 65 heavy (non-hydrogen) atoms. The molecule has 2 saturated heterocycles. The lowest BCUT2D eigenvalue weighted by molar-refractivity contribution is -0.384. The van der Waals surface area contributed by atoms with Crippen LogP contribution < -0.4 is 20.5 Å². The molecule has 16 nitrogen and oxygen atoms in total. The van der Waals surface area contributed by atoms with Gasteiger partial charge >= 0.3 is 0 Å². The molecule has 4 heterocycles. The number of sulfonamides is 1. The lowest BCUT2D eigenvalue weighted by atomic mass is 9.72. The van der Waals surface area contributed by atoms with Gasteiger partial charge in [-0.3, -0.25) is 24.6 Å². The number of allylic oxidation sites excluding steroid dienone is 1. The van der Waals surface area contributed by atoms with E-state index in [0.29, 0.717) is 43.8 Å². The van der Waals surface area contributed by atoms with Crippen molar-refractivity contribution >= 4 is 72.0 Å². The van der Waals surface area contributed by atoms with Gasteiger partial charge in [-0.1, -0.05) is 43.2 Å². The van der Waals surface area contributed by atoms with Crippen LogP contribution in [0.15, 0.2) is 100 Å². The zero-order chi connectivity index (χ0) is 45.6. The molecule has 6 aromatic rings. The third-order valence-corrected chi connectivity index (χ3v) is 14.4. The minimum Gasteiger partial charge on any atom is -0.377 e. The van der Waals surface area contributed by atoms with Gasteiger partial charge in [0.25, 0.3) is 27.2 Å². The first-order valence-electron chi connectivity index (χ1n) is 21.7. The highest BCUT2D eigenvalue weighted by molar-refractivity contribution is 7.90. The second kappa shape index (κ2) is 17.8. The number of carbonyl (C=O) groups excluding carboxylic acids is 1. The summed E-state index contributed by atoms with van der Waals surface area (Å²) in [5.41, 5.74) is 5.89. The molecule has 1 atom stereocenters. The first-order chi connectivity index (χ1) is 31.1. The van der Waals surface area contributed by atoms with Crippen LogP contribution in [0.4, 0.5) is 17.1 Å². The molecule has 2 aromatic heterocycles. The van der Waals surface area contributed by atoms with E-state index in [1.807, 2.05) is 30.3 Å². The molecule has 1 amide bonds. The second-order valence-electron chi connectivity index (χ2n) is 17.8. The van der Waals surface area contributed by atoms with Crippen LogP contribution >= 0.6 is 11.6 Å². The summed E-state index contributed by atoms with van der Waals surface area (Å²) in [4.78, 5) is 47.0. The zero-order valence-corrected chi connectivity index (χ0v) is 38.0. The zero-order valence-electron chi connectivity index (χ0n) is 36.4. The summed E-state index contributed by atoms with van der Waals surface area (Å²) in [6.45, 7) is 9.83. The van der Waals surface area contributed by atoms with Crippen LogP contribution in [0.1, 0.15) is 49.0 Å². The number of benzene rings is 4. The number of nitro groups is 1. The van der Waals surface area contributed by atoms with Gasteiger partial charge in [-0.05, 0) is 96.5 Å². The number of aromatic nitrogens is 3. The van der Waals surface area contributed by atoms with Crippen LogP contribution in [0, 0.1) is 15.5 Å². The summed E-state index contributed by atoms with van der Waals surface area (Å²) in [6.07, 6.45) is 4.58. The van der Waals surface area contributed by atoms with Crippen molar-refractivity contribution in [3.8, 4) is 5.69 Å². The van der Waals surface area contributed by atoms with Crippen molar-refractivity contribution in [3.05, 3.63) is 127 Å². The number of nitrogens with zero attached hydrogens (tertiary/aromatic N) is 5. The number of fused-ring (bicyclic) bond motifs is 2. The molecule has 1 aliphatic carbocycles. The third-order valence-electron chi connectivity index (χ3n) is 12.8. The Bertz CT molecular complexity index is 3020. The van der Waals surface area contributed by atoms with Crippen molar-refractivity contribution in [2.24, 2.45) is 12.5 Å². The van der Waals surface area contributed by atoms with Gasteiger partial charge in [0.05, 0.1) is 57.9 Å². The molecule has 18 heteroatoms. The minimum absolute atomic E-state index is 0.0259. The van der Waals surface area contributed by atoms with Crippen molar-refractivity contribution in [2.75, 3.05) is 69.3 Å². The predicted molar refractivity (Wildman–Crippen MR) is 252 cm³/mol. The van der Waals surface area contributed by atoms with E-state index < -0.39 is 31.4 Å². The van der Waals surface area contributed by atoms with Crippen molar-refractivity contribution in [2.45, 2.75) is 44.1 Å². The van der Waals surface area contributed by atoms with Gasteiger partial charge < -0.3 is 24.7 Å². The number of aromatic amines is 1. The smallest absolute Gasteiger partial charge is 0.293 e. The van der Waals surface area contributed by atoms with E-state index in [9.17, 15) is 28.1 Å². The first kappa shape index (κ1) is 44.2. The van der Waals surface area contributed by atoms with Crippen molar-refractivity contribution in [1.82, 2.24) is 24.0 Å². The number of nitrogens with one attached hydrogen (secondary N) is 3. The summed E-state index contributed by atoms with van der Waals surface area (Å²) in [7, 11) is -3.05. The maximum Gasteiger partial charge on any atom is 0.293 e. The maximum atomic E-state index is 14.3. The average molecular weight is 923 g/mol. The fourth-order valence-electron chi connectivity index (χ4n) is 9.23. The molecule has 3 N–H and O–H groups in total. The van der Waals surface area contributed by atoms with Gasteiger partial charge in [0.2, 0.25) is 0 Å². The van der Waals surface area contributed by atoms with Crippen LogP contribution in [0.5, 0.6) is 0 Å². The molecule has 3 aliphatic rings. The molecule has 9 rings (SSSR count). The van der Waals surface area contributed by atoms with Crippen LogP contribution in [0.2, 0.25) is 5.02 Å². The molecular weight excluding hydrogens is 872 g/mol.